The number of carbonyl (C=O) groups excluding carboxylic acids is 1. The summed E-state index contributed by atoms with van der Waals surface area (Å²) in [5.41, 5.74) is 7.19. The third-order valence-corrected chi connectivity index (χ3v) is 4.94. The molecule has 1 saturated carbocycles. The molecule has 0 heterocycles. The van der Waals surface area contributed by atoms with E-state index in [2.05, 4.69) is 12.2 Å². The number of rotatable bonds is 4. The van der Waals surface area contributed by atoms with Crippen LogP contribution in [0.1, 0.15) is 58.4 Å². The predicted molar refractivity (Wildman–Crippen MR) is 88.1 cm³/mol. The van der Waals surface area contributed by atoms with E-state index < -0.39 is 5.41 Å². The second-order valence-electron chi connectivity index (χ2n) is 7.30. The van der Waals surface area contributed by atoms with Gasteiger partial charge in [0.2, 0.25) is 5.91 Å². The minimum absolute atomic E-state index is 0.0964. The molecule has 0 saturated heterocycles. The van der Waals surface area contributed by atoms with Crippen molar-refractivity contribution in [1.29, 1.82) is 0 Å². The van der Waals surface area contributed by atoms with E-state index in [1.807, 2.05) is 38.1 Å². The molecular weight excluding hydrogens is 260 g/mol. The van der Waals surface area contributed by atoms with Gasteiger partial charge in [-0.1, -0.05) is 38.3 Å². The quantitative estimate of drug-likeness (QED) is 0.831. The molecule has 21 heavy (non-hydrogen) atoms. The monoisotopic (exact) mass is 288 g/mol. The maximum atomic E-state index is 12.6. The lowest BCUT2D eigenvalue weighted by Crippen LogP contribution is -2.45. The summed E-state index contributed by atoms with van der Waals surface area (Å²) >= 11 is 0. The van der Waals surface area contributed by atoms with Crippen LogP contribution in [-0.4, -0.2) is 12.5 Å². The number of benzene rings is 1. The minimum atomic E-state index is -0.529. The van der Waals surface area contributed by atoms with E-state index in [4.69, 9.17) is 5.73 Å². The highest BCUT2D eigenvalue weighted by Gasteiger charge is 2.32. The maximum Gasteiger partial charge on any atom is 0.230 e. The molecule has 1 aliphatic carbocycles. The molecule has 1 aliphatic rings. The third-order valence-electron chi connectivity index (χ3n) is 4.94. The molecule has 116 valence electrons. The summed E-state index contributed by atoms with van der Waals surface area (Å²) < 4.78 is 0. The molecule has 3 nitrogen and oxygen atoms in total. The largest absolute Gasteiger partial charge is 0.399 e. The van der Waals surface area contributed by atoms with Crippen molar-refractivity contribution >= 4 is 11.6 Å². The van der Waals surface area contributed by atoms with E-state index in [-0.39, 0.29) is 11.3 Å². The average molecular weight is 288 g/mol. The Bertz CT molecular complexity index is 484. The highest BCUT2D eigenvalue weighted by atomic mass is 16.2. The number of amides is 1. The lowest BCUT2D eigenvalue weighted by atomic mass is 9.75. The zero-order valence-electron chi connectivity index (χ0n) is 13.5. The number of hydrogen-bond donors (Lipinski definition) is 2. The Morgan fingerprint density at radius 2 is 1.76 bits per heavy atom. The fraction of sp³-hybridized carbons (Fsp3) is 0.611. The molecular formula is C18H28N2O. The van der Waals surface area contributed by atoms with E-state index in [1.54, 1.807) is 0 Å². The van der Waals surface area contributed by atoms with Gasteiger partial charge in [0.05, 0.1) is 5.41 Å². The smallest absolute Gasteiger partial charge is 0.230 e. The first-order valence-electron chi connectivity index (χ1n) is 7.98. The van der Waals surface area contributed by atoms with E-state index in [0.29, 0.717) is 0 Å². The zero-order chi connectivity index (χ0) is 15.5. The number of nitrogens with two attached hydrogens (primary N) is 1. The topological polar surface area (TPSA) is 55.1 Å². The molecule has 1 aromatic rings. The van der Waals surface area contributed by atoms with Gasteiger partial charge in [0.25, 0.3) is 0 Å². The van der Waals surface area contributed by atoms with Crippen LogP contribution in [0.5, 0.6) is 0 Å². The molecule has 0 atom stereocenters. The second-order valence-corrected chi connectivity index (χ2v) is 7.30. The van der Waals surface area contributed by atoms with Gasteiger partial charge in [-0.05, 0) is 49.8 Å². The predicted octanol–water partition coefficient (Wildman–Crippen LogP) is 3.63. The van der Waals surface area contributed by atoms with Gasteiger partial charge in [-0.3, -0.25) is 4.79 Å². The summed E-state index contributed by atoms with van der Waals surface area (Å²) in [6.07, 6.45) is 6.34. The third kappa shape index (κ3) is 3.78. The normalized spacial score (nSPS) is 18.2. The summed E-state index contributed by atoms with van der Waals surface area (Å²) in [6.45, 7) is 7.01. The van der Waals surface area contributed by atoms with Crippen LogP contribution in [0, 0.1) is 5.41 Å². The Hall–Kier alpha value is -1.51. The molecule has 0 radical (unpaired) electrons. The van der Waals surface area contributed by atoms with Crippen LogP contribution in [0.4, 0.5) is 5.69 Å². The standard InChI is InChI=1S/C18H28N2O/c1-17(2,14-7-9-15(19)10-8-14)16(21)20-13-18(3)11-5-4-6-12-18/h7-10H,4-6,11-13,19H2,1-3H3,(H,20,21). The minimum Gasteiger partial charge on any atom is -0.399 e. The van der Waals surface area contributed by atoms with Gasteiger partial charge in [0, 0.05) is 12.2 Å². The van der Waals surface area contributed by atoms with Crippen LogP contribution in [0.25, 0.3) is 0 Å². The van der Waals surface area contributed by atoms with Gasteiger partial charge in [0.15, 0.2) is 0 Å². The van der Waals surface area contributed by atoms with Crippen molar-refractivity contribution < 1.29 is 4.79 Å². The SMILES string of the molecule is CC1(CNC(=O)C(C)(C)c2ccc(N)cc2)CCCCC1. The summed E-state index contributed by atoms with van der Waals surface area (Å²) in [6, 6.07) is 7.59. The number of anilines is 1. The van der Waals surface area contributed by atoms with Gasteiger partial charge in [-0.15, -0.1) is 0 Å². The van der Waals surface area contributed by atoms with Crippen molar-refractivity contribution in [3.05, 3.63) is 29.8 Å². The van der Waals surface area contributed by atoms with E-state index in [1.165, 1.54) is 32.1 Å². The zero-order valence-corrected chi connectivity index (χ0v) is 13.5. The highest BCUT2D eigenvalue weighted by molar-refractivity contribution is 5.87. The highest BCUT2D eigenvalue weighted by Crippen LogP contribution is 2.35. The molecule has 3 N–H and O–H groups in total. The summed E-state index contributed by atoms with van der Waals surface area (Å²) in [5.74, 6) is 0.0964. The van der Waals surface area contributed by atoms with Crippen LogP contribution in [-0.2, 0) is 10.2 Å². The Labute approximate surface area is 128 Å². The molecule has 0 aromatic heterocycles. The van der Waals surface area contributed by atoms with Gasteiger partial charge in [-0.25, -0.2) is 0 Å². The van der Waals surface area contributed by atoms with Crippen molar-refractivity contribution in [1.82, 2.24) is 5.32 Å². The number of carbonyl (C=O) groups is 1. The van der Waals surface area contributed by atoms with Gasteiger partial charge >= 0.3 is 0 Å². The number of hydrogen-bond acceptors (Lipinski definition) is 2. The van der Waals surface area contributed by atoms with Gasteiger partial charge in [0.1, 0.15) is 0 Å². The van der Waals surface area contributed by atoms with Crippen LogP contribution in [0.3, 0.4) is 0 Å². The van der Waals surface area contributed by atoms with Gasteiger partial charge in [-0.2, -0.15) is 0 Å². The lowest BCUT2D eigenvalue weighted by Gasteiger charge is -2.35. The van der Waals surface area contributed by atoms with Crippen LogP contribution >= 0.6 is 0 Å². The van der Waals surface area contributed by atoms with Crippen molar-refractivity contribution in [2.45, 2.75) is 58.3 Å². The molecule has 0 unspecified atom stereocenters. The summed E-state index contributed by atoms with van der Waals surface area (Å²) in [7, 11) is 0. The van der Waals surface area contributed by atoms with Crippen LogP contribution < -0.4 is 11.1 Å². The molecule has 1 aromatic carbocycles. The fourth-order valence-corrected chi connectivity index (χ4v) is 3.13. The van der Waals surface area contributed by atoms with E-state index in [0.717, 1.165) is 17.8 Å². The first-order chi connectivity index (χ1) is 9.83. The molecule has 1 amide bonds. The molecule has 0 spiro atoms. The Kier molecular flexibility index (Phi) is 4.60. The summed E-state index contributed by atoms with van der Waals surface area (Å²) in [5, 5.41) is 3.18. The molecule has 1 fully saturated rings. The molecule has 0 bridgehead atoms. The molecule has 2 rings (SSSR count). The molecule has 0 aliphatic heterocycles. The van der Waals surface area contributed by atoms with Crippen molar-refractivity contribution in [3.8, 4) is 0 Å². The Morgan fingerprint density at radius 1 is 1.19 bits per heavy atom. The molecule has 3 heteroatoms. The second kappa shape index (κ2) is 6.08. The first kappa shape index (κ1) is 15.9. The van der Waals surface area contributed by atoms with Crippen molar-refractivity contribution in [2.75, 3.05) is 12.3 Å². The average Bonchev–Trinajstić information content (AvgIpc) is 2.46. The lowest BCUT2D eigenvalue weighted by molar-refractivity contribution is -0.126. The fourth-order valence-electron chi connectivity index (χ4n) is 3.13. The first-order valence-corrected chi connectivity index (χ1v) is 7.98. The van der Waals surface area contributed by atoms with Gasteiger partial charge < -0.3 is 11.1 Å². The van der Waals surface area contributed by atoms with Crippen molar-refractivity contribution in [3.63, 3.8) is 0 Å². The number of nitrogens with one attached hydrogen (secondary N) is 1. The Balaban J connectivity index is 1.99. The van der Waals surface area contributed by atoms with Crippen LogP contribution in [0.15, 0.2) is 24.3 Å². The van der Waals surface area contributed by atoms with Crippen molar-refractivity contribution in [2.24, 2.45) is 5.41 Å². The van der Waals surface area contributed by atoms with Crippen LogP contribution in [0.2, 0.25) is 0 Å². The van der Waals surface area contributed by atoms with E-state index in [9.17, 15) is 4.79 Å². The Morgan fingerprint density at radius 3 is 2.33 bits per heavy atom. The summed E-state index contributed by atoms with van der Waals surface area (Å²) in [4.78, 5) is 12.6. The maximum absolute atomic E-state index is 12.6. The number of nitrogen functional groups attached to an aromatic ring is 1. The van der Waals surface area contributed by atoms with E-state index >= 15 is 0 Å².